The molecule has 0 spiro atoms. The number of hydrogen-bond donors (Lipinski definition) is 2. The summed E-state index contributed by atoms with van der Waals surface area (Å²) in [7, 11) is 0. The Kier molecular flexibility index (Phi) is 5.38. The van der Waals surface area contributed by atoms with Gasteiger partial charge in [-0.05, 0) is 43.5 Å². The molecule has 4 heteroatoms. The molecule has 1 aromatic rings. The molecule has 2 N–H and O–H groups in total. The van der Waals surface area contributed by atoms with E-state index in [9.17, 15) is 4.79 Å². The van der Waals surface area contributed by atoms with Crippen molar-refractivity contribution in [1.82, 2.24) is 0 Å². The first-order chi connectivity index (χ1) is 10.1. The number of benzene rings is 1. The van der Waals surface area contributed by atoms with Gasteiger partial charge in [0.05, 0.1) is 12.0 Å². The number of aryl methyl sites for hydroxylation is 1. The molecule has 1 fully saturated rings. The number of hydrogen-bond acceptors (Lipinski definition) is 3. The van der Waals surface area contributed by atoms with E-state index >= 15 is 0 Å². The van der Waals surface area contributed by atoms with Gasteiger partial charge in [0.2, 0.25) is 5.91 Å². The largest absolute Gasteiger partial charge is 0.384 e. The summed E-state index contributed by atoms with van der Waals surface area (Å²) in [5, 5.41) is 11.7. The Balaban J connectivity index is 2.11. The molecule has 112 valence electrons. The molecule has 1 heterocycles. The smallest absolute Gasteiger partial charge is 0.230 e. The Hall–Kier alpha value is -1.83. The third kappa shape index (κ3) is 4.07. The molecule has 2 rings (SSSR count). The molecule has 1 aliphatic rings. The van der Waals surface area contributed by atoms with Crippen molar-refractivity contribution < 1.29 is 14.6 Å². The summed E-state index contributed by atoms with van der Waals surface area (Å²) in [4.78, 5) is 12.4. The number of amides is 1. The van der Waals surface area contributed by atoms with Crippen LogP contribution >= 0.6 is 0 Å². The van der Waals surface area contributed by atoms with Crippen LogP contribution in [0.5, 0.6) is 0 Å². The highest BCUT2D eigenvalue weighted by atomic mass is 16.5. The second-order valence-electron chi connectivity index (χ2n) is 5.25. The van der Waals surface area contributed by atoms with Crippen molar-refractivity contribution in [3.63, 3.8) is 0 Å². The maximum atomic E-state index is 12.4. The number of rotatable bonds is 3. The number of ether oxygens (including phenoxy) is 1. The Morgan fingerprint density at radius 1 is 1.48 bits per heavy atom. The van der Waals surface area contributed by atoms with Crippen LogP contribution < -0.4 is 5.32 Å². The second-order valence-corrected chi connectivity index (χ2v) is 5.25. The molecule has 0 bridgehead atoms. The average molecular weight is 287 g/mol. The summed E-state index contributed by atoms with van der Waals surface area (Å²) in [6.07, 6.45) is 1.63. The minimum absolute atomic E-state index is 0.00557. The van der Waals surface area contributed by atoms with Crippen molar-refractivity contribution in [3.8, 4) is 11.8 Å². The second kappa shape index (κ2) is 7.26. The van der Waals surface area contributed by atoms with Crippen LogP contribution in [-0.2, 0) is 9.53 Å². The lowest BCUT2D eigenvalue weighted by Gasteiger charge is -2.16. The molecule has 2 unspecified atom stereocenters. The van der Waals surface area contributed by atoms with Crippen molar-refractivity contribution in [2.45, 2.75) is 32.8 Å². The van der Waals surface area contributed by atoms with Gasteiger partial charge in [-0.15, -0.1) is 0 Å². The van der Waals surface area contributed by atoms with Gasteiger partial charge in [-0.2, -0.15) is 0 Å². The van der Waals surface area contributed by atoms with Gasteiger partial charge in [-0.25, -0.2) is 0 Å². The Morgan fingerprint density at radius 3 is 3.00 bits per heavy atom. The maximum Gasteiger partial charge on any atom is 0.230 e. The summed E-state index contributed by atoms with van der Waals surface area (Å²) < 4.78 is 5.56. The highest BCUT2D eigenvalue weighted by molar-refractivity contribution is 5.93. The van der Waals surface area contributed by atoms with E-state index < -0.39 is 0 Å². The maximum absolute atomic E-state index is 12.4. The van der Waals surface area contributed by atoms with Crippen molar-refractivity contribution in [2.75, 3.05) is 18.5 Å². The van der Waals surface area contributed by atoms with Crippen molar-refractivity contribution >= 4 is 11.6 Å². The third-order valence-electron chi connectivity index (χ3n) is 3.61. The van der Waals surface area contributed by atoms with Crippen molar-refractivity contribution in [1.29, 1.82) is 0 Å². The SMILES string of the molecule is CCC1OCCC1C(=O)Nc1cc(C)cc(C#CCO)c1. The van der Waals surface area contributed by atoms with Gasteiger partial charge < -0.3 is 15.2 Å². The summed E-state index contributed by atoms with van der Waals surface area (Å²) >= 11 is 0. The molecule has 1 aliphatic heterocycles. The normalized spacial score (nSPS) is 20.7. The summed E-state index contributed by atoms with van der Waals surface area (Å²) in [5.41, 5.74) is 2.54. The predicted octanol–water partition coefficient (Wildman–Crippen LogP) is 2.09. The zero-order chi connectivity index (χ0) is 15.2. The number of carbonyl (C=O) groups excluding carboxylic acids is 1. The topological polar surface area (TPSA) is 58.6 Å². The van der Waals surface area contributed by atoms with Gasteiger partial charge in [0, 0.05) is 17.9 Å². The first-order valence-electron chi connectivity index (χ1n) is 7.28. The lowest BCUT2D eigenvalue weighted by Crippen LogP contribution is -2.29. The third-order valence-corrected chi connectivity index (χ3v) is 3.61. The average Bonchev–Trinajstić information content (AvgIpc) is 2.93. The van der Waals surface area contributed by atoms with Gasteiger partial charge in [-0.3, -0.25) is 4.79 Å². The molecule has 0 saturated carbocycles. The molecule has 0 aliphatic carbocycles. The molecular formula is C17H21NO3. The van der Waals surface area contributed by atoms with Gasteiger partial charge in [0.25, 0.3) is 0 Å². The van der Waals surface area contributed by atoms with E-state index in [0.717, 1.165) is 29.7 Å². The first-order valence-corrected chi connectivity index (χ1v) is 7.28. The number of nitrogens with one attached hydrogen (secondary N) is 1. The van der Waals surface area contributed by atoms with E-state index in [-0.39, 0.29) is 24.5 Å². The van der Waals surface area contributed by atoms with E-state index in [0.29, 0.717) is 6.61 Å². The van der Waals surface area contributed by atoms with E-state index in [1.54, 1.807) is 0 Å². The molecule has 0 radical (unpaired) electrons. The lowest BCUT2D eigenvalue weighted by molar-refractivity contribution is -0.121. The van der Waals surface area contributed by atoms with Gasteiger partial charge in [-0.1, -0.05) is 18.8 Å². The summed E-state index contributed by atoms with van der Waals surface area (Å²) in [6, 6.07) is 5.66. The fourth-order valence-corrected chi connectivity index (χ4v) is 2.65. The minimum Gasteiger partial charge on any atom is -0.384 e. The van der Waals surface area contributed by atoms with Crippen LogP contribution in [0.4, 0.5) is 5.69 Å². The fourth-order valence-electron chi connectivity index (χ4n) is 2.65. The Bertz CT molecular complexity index is 571. The monoisotopic (exact) mass is 287 g/mol. The molecular weight excluding hydrogens is 266 g/mol. The number of anilines is 1. The Labute approximate surface area is 125 Å². The van der Waals surface area contributed by atoms with Crippen LogP contribution in [0.2, 0.25) is 0 Å². The van der Waals surface area contributed by atoms with Gasteiger partial charge in [0.1, 0.15) is 6.61 Å². The van der Waals surface area contributed by atoms with Crippen molar-refractivity contribution in [3.05, 3.63) is 29.3 Å². The van der Waals surface area contributed by atoms with Crippen LogP contribution in [0.25, 0.3) is 0 Å². The highest BCUT2D eigenvalue weighted by Gasteiger charge is 2.32. The van der Waals surface area contributed by atoms with Crippen molar-refractivity contribution in [2.24, 2.45) is 5.92 Å². The molecule has 4 nitrogen and oxygen atoms in total. The van der Waals surface area contributed by atoms with E-state index in [1.165, 1.54) is 0 Å². The van der Waals surface area contributed by atoms with E-state index in [4.69, 9.17) is 9.84 Å². The number of aliphatic hydroxyl groups excluding tert-OH is 1. The molecule has 21 heavy (non-hydrogen) atoms. The molecule has 1 aromatic carbocycles. The zero-order valence-electron chi connectivity index (χ0n) is 12.5. The van der Waals surface area contributed by atoms with Gasteiger partial charge >= 0.3 is 0 Å². The summed E-state index contributed by atoms with van der Waals surface area (Å²) in [6.45, 7) is 4.46. The number of aliphatic hydroxyl groups is 1. The van der Waals surface area contributed by atoms with E-state index in [2.05, 4.69) is 17.2 Å². The minimum atomic E-state index is -0.173. The zero-order valence-corrected chi connectivity index (χ0v) is 12.5. The quantitative estimate of drug-likeness (QED) is 0.837. The highest BCUT2D eigenvalue weighted by Crippen LogP contribution is 2.25. The Morgan fingerprint density at radius 2 is 2.29 bits per heavy atom. The van der Waals surface area contributed by atoms with Crippen LogP contribution in [0, 0.1) is 24.7 Å². The van der Waals surface area contributed by atoms with Crippen LogP contribution in [-0.4, -0.2) is 30.3 Å². The molecule has 2 atom stereocenters. The van der Waals surface area contributed by atoms with E-state index in [1.807, 2.05) is 32.0 Å². The molecule has 0 aromatic heterocycles. The molecule has 1 amide bonds. The van der Waals surface area contributed by atoms with Gasteiger partial charge in [0.15, 0.2) is 0 Å². The standard InChI is InChI=1S/C17H21NO3/c1-3-16-15(6-8-21-16)17(20)18-14-10-12(2)9-13(11-14)5-4-7-19/h9-11,15-16,19H,3,6-8H2,1-2H3,(H,18,20). The first kappa shape index (κ1) is 15.6. The molecule has 1 saturated heterocycles. The fraction of sp³-hybridized carbons (Fsp3) is 0.471. The lowest BCUT2D eigenvalue weighted by atomic mass is 9.98. The van der Waals surface area contributed by atoms with Crippen LogP contribution in [0.15, 0.2) is 18.2 Å². The summed E-state index contributed by atoms with van der Waals surface area (Å²) in [5.74, 6) is 5.40. The van der Waals surface area contributed by atoms with Crippen LogP contribution in [0.3, 0.4) is 0 Å². The number of carbonyl (C=O) groups is 1. The van der Waals surface area contributed by atoms with Crippen LogP contribution in [0.1, 0.15) is 30.9 Å². The predicted molar refractivity (Wildman–Crippen MR) is 81.9 cm³/mol.